The van der Waals surface area contributed by atoms with Crippen LogP contribution in [0.1, 0.15) is 0 Å². The van der Waals surface area contributed by atoms with Gasteiger partial charge in [-0.1, -0.05) is 12.1 Å². The molecule has 1 fully saturated rings. The highest BCUT2D eigenvalue weighted by Gasteiger charge is 2.20. The Balaban J connectivity index is 1.78. The van der Waals surface area contributed by atoms with Gasteiger partial charge >= 0.3 is 0 Å². The van der Waals surface area contributed by atoms with Crippen molar-refractivity contribution in [2.24, 2.45) is 0 Å². The van der Waals surface area contributed by atoms with E-state index in [0.717, 1.165) is 30.0 Å². The minimum atomic E-state index is 0.154. The lowest BCUT2D eigenvalue weighted by Gasteiger charge is -2.33. The third-order valence-electron chi connectivity index (χ3n) is 3.60. The summed E-state index contributed by atoms with van der Waals surface area (Å²) in [5.74, 6) is 0.635. The van der Waals surface area contributed by atoms with E-state index in [1.54, 1.807) is 11.0 Å². The second-order valence-corrected chi connectivity index (χ2v) is 4.99. The molecule has 1 aliphatic heterocycles. The number of amides is 1. The maximum atomic E-state index is 11.7. The topological polar surface area (TPSA) is 78.2 Å². The molecule has 0 saturated carbocycles. The van der Waals surface area contributed by atoms with Gasteiger partial charge in [0.15, 0.2) is 0 Å². The first-order valence-electron chi connectivity index (χ1n) is 6.54. The van der Waals surface area contributed by atoms with Crippen LogP contribution in [0.15, 0.2) is 30.3 Å². The van der Waals surface area contributed by atoms with Gasteiger partial charge in [0.2, 0.25) is 5.91 Å². The maximum Gasteiger partial charge on any atom is 0.241 e. The molecular weight excluding hydrogens is 254 g/mol. The predicted molar refractivity (Wildman–Crippen MR) is 78.3 cm³/mol. The predicted octanol–water partition coefficient (Wildman–Crippen LogP) is 0.937. The SMILES string of the molecule is CN1CCN(c2ccc(-c3cc(N)n[nH]3)cc2)CC1=O. The smallest absolute Gasteiger partial charge is 0.241 e. The van der Waals surface area contributed by atoms with Crippen LogP contribution in [-0.2, 0) is 4.79 Å². The number of hydrogen-bond donors (Lipinski definition) is 2. The summed E-state index contributed by atoms with van der Waals surface area (Å²) in [6, 6.07) is 9.85. The molecule has 1 aliphatic rings. The van der Waals surface area contributed by atoms with E-state index in [2.05, 4.69) is 15.1 Å². The second-order valence-electron chi connectivity index (χ2n) is 4.99. The van der Waals surface area contributed by atoms with E-state index in [4.69, 9.17) is 5.73 Å². The van der Waals surface area contributed by atoms with E-state index >= 15 is 0 Å². The lowest BCUT2D eigenvalue weighted by atomic mass is 10.1. The summed E-state index contributed by atoms with van der Waals surface area (Å²) in [5, 5.41) is 6.80. The number of anilines is 2. The number of nitrogens with one attached hydrogen (secondary N) is 1. The molecule has 3 rings (SSSR count). The number of carbonyl (C=O) groups is 1. The van der Waals surface area contributed by atoms with Gasteiger partial charge in [0.05, 0.1) is 12.2 Å². The summed E-state index contributed by atoms with van der Waals surface area (Å²) in [6.45, 7) is 2.06. The highest BCUT2D eigenvalue weighted by atomic mass is 16.2. The molecule has 1 aromatic heterocycles. The average molecular weight is 271 g/mol. The highest BCUT2D eigenvalue weighted by molar-refractivity contribution is 5.82. The van der Waals surface area contributed by atoms with Crippen LogP contribution in [0.4, 0.5) is 11.5 Å². The molecular formula is C14H17N5O. The van der Waals surface area contributed by atoms with Crippen LogP contribution < -0.4 is 10.6 Å². The number of aromatic amines is 1. The summed E-state index contributed by atoms with van der Waals surface area (Å²) < 4.78 is 0. The zero-order valence-corrected chi connectivity index (χ0v) is 11.3. The van der Waals surface area contributed by atoms with Crippen LogP contribution in [0.5, 0.6) is 0 Å². The summed E-state index contributed by atoms with van der Waals surface area (Å²) in [5.41, 5.74) is 8.57. The molecule has 1 saturated heterocycles. The fraction of sp³-hybridized carbons (Fsp3) is 0.286. The zero-order valence-electron chi connectivity index (χ0n) is 11.3. The standard InChI is InChI=1S/C14H17N5O/c1-18-6-7-19(9-14(18)20)11-4-2-10(3-5-11)12-8-13(15)17-16-12/h2-5,8H,6-7,9H2,1H3,(H3,15,16,17). The minimum absolute atomic E-state index is 0.154. The normalized spacial score (nSPS) is 15.8. The van der Waals surface area contributed by atoms with Gasteiger partial charge in [-0.05, 0) is 17.7 Å². The monoisotopic (exact) mass is 271 g/mol. The number of rotatable bonds is 2. The lowest BCUT2D eigenvalue weighted by molar-refractivity contribution is -0.129. The van der Waals surface area contributed by atoms with Crippen molar-refractivity contribution in [2.45, 2.75) is 0 Å². The third kappa shape index (κ3) is 2.32. The molecule has 0 unspecified atom stereocenters. The Morgan fingerprint density at radius 2 is 2.00 bits per heavy atom. The molecule has 1 aromatic carbocycles. The number of piperazine rings is 1. The number of aromatic nitrogens is 2. The first-order chi connectivity index (χ1) is 9.63. The van der Waals surface area contributed by atoms with Gasteiger partial charge in [-0.25, -0.2) is 0 Å². The first-order valence-corrected chi connectivity index (χ1v) is 6.54. The van der Waals surface area contributed by atoms with Crippen LogP contribution in [0, 0.1) is 0 Å². The van der Waals surface area contributed by atoms with E-state index in [0.29, 0.717) is 12.4 Å². The molecule has 0 radical (unpaired) electrons. The van der Waals surface area contributed by atoms with Gasteiger partial charge in [0.1, 0.15) is 5.82 Å². The van der Waals surface area contributed by atoms with E-state index in [9.17, 15) is 4.79 Å². The average Bonchev–Trinajstić information content (AvgIpc) is 2.89. The maximum absolute atomic E-state index is 11.7. The van der Waals surface area contributed by atoms with Crippen LogP contribution in [-0.4, -0.2) is 47.7 Å². The summed E-state index contributed by atoms with van der Waals surface area (Å²) in [7, 11) is 1.84. The molecule has 20 heavy (non-hydrogen) atoms. The minimum Gasteiger partial charge on any atom is -0.382 e. The van der Waals surface area contributed by atoms with Crippen LogP contribution >= 0.6 is 0 Å². The second kappa shape index (κ2) is 4.88. The van der Waals surface area contributed by atoms with Crippen molar-refractivity contribution in [1.82, 2.24) is 15.1 Å². The van der Waals surface area contributed by atoms with Gasteiger partial charge in [0, 0.05) is 31.9 Å². The fourth-order valence-electron chi connectivity index (χ4n) is 2.32. The van der Waals surface area contributed by atoms with E-state index in [1.807, 2.05) is 31.3 Å². The molecule has 2 heterocycles. The molecule has 6 heteroatoms. The first kappa shape index (κ1) is 12.5. The lowest BCUT2D eigenvalue weighted by Crippen LogP contribution is -2.48. The number of likely N-dealkylation sites (N-methyl/N-ethyl adjacent to an activating group) is 1. The van der Waals surface area contributed by atoms with Gasteiger partial charge in [-0.15, -0.1) is 0 Å². The van der Waals surface area contributed by atoms with Crippen molar-refractivity contribution >= 4 is 17.4 Å². The molecule has 2 aromatic rings. The Bertz CT molecular complexity index is 619. The van der Waals surface area contributed by atoms with Crippen LogP contribution in [0.25, 0.3) is 11.3 Å². The molecule has 1 amide bonds. The summed E-state index contributed by atoms with van der Waals surface area (Å²) in [6.07, 6.45) is 0. The quantitative estimate of drug-likeness (QED) is 0.852. The number of nitrogens with zero attached hydrogens (tertiary/aromatic N) is 3. The highest BCUT2D eigenvalue weighted by Crippen LogP contribution is 2.23. The Morgan fingerprint density at radius 1 is 1.25 bits per heavy atom. The van der Waals surface area contributed by atoms with E-state index in [1.165, 1.54) is 0 Å². The number of hydrogen-bond acceptors (Lipinski definition) is 4. The van der Waals surface area contributed by atoms with Crippen molar-refractivity contribution in [2.75, 3.05) is 37.3 Å². The van der Waals surface area contributed by atoms with Crippen molar-refractivity contribution in [3.63, 3.8) is 0 Å². The molecule has 6 nitrogen and oxygen atoms in total. The van der Waals surface area contributed by atoms with Crippen molar-refractivity contribution in [3.05, 3.63) is 30.3 Å². The Hall–Kier alpha value is -2.50. The number of benzene rings is 1. The molecule has 104 valence electrons. The van der Waals surface area contributed by atoms with Crippen LogP contribution in [0.2, 0.25) is 0 Å². The van der Waals surface area contributed by atoms with Gasteiger partial charge in [-0.2, -0.15) is 5.10 Å². The molecule has 0 aliphatic carbocycles. The molecule has 0 spiro atoms. The van der Waals surface area contributed by atoms with E-state index in [-0.39, 0.29) is 5.91 Å². The summed E-state index contributed by atoms with van der Waals surface area (Å²) >= 11 is 0. The van der Waals surface area contributed by atoms with Crippen molar-refractivity contribution in [1.29, 1.82) is 0 Å². The van der Waals surface area contributed by atoms with Crippen LogP contribution in [0.3, 0.4) is 0 Å². The van der Waals surface area contributed by atoms with Crippen molar-refractivity contribution < 1.29 is 4.79 Å². The molecule has 3 N–H and O–H groups in total. The largest absolute Gasteiger partial charge is 0.382 e. The number of nitrogens with two attached hydrogens (primary N) is 1. The van der Waals surface area contributed by atoms with Gasteiger partial charge < -0.3 is 15.5 Å². The Kier molecular flexibility index (Phi) is 3.06. The van der Waals surface area contributed by atoms with Crippen molar-refractivity contribution in [3.8, 4) is 11.3 Å². The molecule has 0 atom stereocenters. The van der Waals surface area contributed by atoms with Gasteiger partial charge in [-0.3, -0.25) is 9.89 Å². The van der Waals surface area contributed by atoms with Gasteiger partial charge in [0.25, 0.3) is 0 Å². The number of nitrogen functional groups attached to an aromatic ring is 1. The Morgan fingerprint density at radius 3 is 2.60 bits per heavy atom. The molecule has 0 bridgehead atoms. The van der Waals surface area contributed by atoms with E-state index < -0.39 is 0 Å². The number of H-pyrrole nitrogens is 1. The fourth-order valence-corrected chi connectivity index (χ4v) is 2.32. The third-order valence-corrected chi connectivity index (χ3v) is 3.60. The zero-order chi connectivity index (χ0) is 14.1. The summed E-state index contributed by atoms with van der Waals surface area (Å²) in [4.78, 5) is 15.6. The Labute approximate surface area is 117 Å². The number of carbonyl (C=O) groups excluding carboxylic acids is 1.